The Kier molecular flexibility index (Phi) is 6.25. The van der Waals surface area contributed by atoms with Crippen molar-refractivity contribution in [2.45, 2.75) is 13.1 Å². The smallest absolute Gasteiger partial charge is 0.275 e. The summed E-state index contributed by atoms with van der Waals surface area (Å²) in [5.41, 5.74) is 2.04. The van der Waals surface area contributed by atoms with Gasteiger partial charge >= 0.3 is 0 Å². The summed E-state index contributed by atoms with van der Waals surface area (Å²) in [5, 5.41) is 4.32. The van der Waals surface area contributed by atoms with Crippen molar-refractivity contribution in [1.82, 2.24) is 5.32 Å². The van der Waals surface area contributed by atoms with Crippen LogP contribution in [0.25, 0.3) is 0 Å². The van der Waals surface area contributed by atoms with Gasteiger partial charge in [0, 0.05) is 22.2 Å². The lowest BCUT2D eigenvalue weighted by Gasteiger charge is -2.14. The molecule has 2 rings (SSSR count). The van der Waals surface area contributed by atoms with Gasteiger partial charge in [0.1, 0.15) is 6.54 Å². The standard InChI is InChI=1S/C17H18Cl2N2O/c1-21(11-14-6-2-3-8-16(14)19)12-17(22)20-10-13-5-4-7-15(18)9-13/h2-9H,10-12H2,1H3,(H,20,22)/p+1. The van der Waals surface area contributed by atoms with Crippen LogP contribution < -0.4 is 10.2 Å². The van der Waals surface area contributed by atoms with E-state index < -0.39 is 0 Å². The van der Waals surface area contributed by atoms with E-state index >= 15 is 0 Å². The van der Waals surface area contributed by atoms with E-state index in [1.807, 2.05) is 55.6 Å². The highest BCUT2D eigenvalue weighted by Gasteiger charge is 2.11. The van der Waals surface area contributed by atoms with E-state index in [4.69, 9.17) is 23.2 Å². The van der Waals surface area contributed by atoms with Gasteiger partial charge in [-0.15, -0.1) is 0 Å². The van der Waals surface area contributed by atoms with Gasteiger partial charge in [-0.1, -0.05) is 53.5 Å². The molecule has 116 valence electrons. The third kappa shape index (κ3) is 5.34. The van der Waals surface area contributed by atoms with Crippen LogP contribution in [0.4, 0.5) is 0 Å². The van der Waals surface area contributed by atoms with Crippen LogP contribution in [0.5, 0.6) is 0 Å². The molecule has 1 unspecified atom stereocenters. The number of hydrogen-bond donors (Lipinski definition) is 2. The van der Waals surface area contributed by atoms with E-state index in [1.165, 1.54) is 0 Å². The van der Waals surface area contributed by atoms with Crippen molar-refractivity contribution in [3.63, 3.8) is 0 Å². The minimum absolute atomic E-state index is 0.00419. The molecule has 0 heterocycles. The molecule has 0 aromatic heterocycles. The number of amides is 1. The molecule has 22 heavy (non-hydrogen) atoms. The Bertz CT molecular complexity index is 646. The van der Waals surface area contributed by atoms with Crippen LogP contribution in [0.15, 0.2) is 48.5 Å². The van der Waals surface area contributed by atoms with Gasteiger partial charge in [0.2, 0.25) is 0 Å². The molecule has 5 heteroatoms. The second-order valence-corrected chi connectivity index (χ2v) is 6.15. The zero-order valence-corrected chi connectivity index (χ0v) is 13.9. The molecule has 1 atom stereocenters. The first-order valence-corrected chi connectivity index (χ1v) is 7.86. The summed E-state index contributed by atoms with van der Waals surface area (Å²) < 4.78 is 0. The molecule has 2 aromatic rings. The Hall–Kier alpha value is -1.55. The fourth-order valence-corrected chi connectivity index (χ4v) is 2.63. The van der Waals surface area contributed by atoms with Gasteiger partial charge in [-0.25, -0.2) is 0 Å². The van der Waals surface area contributed by atoms with Crippen LogP contribution in [0.2, 0.25) is 10.0 Å². The molecule has 0 aliphatic rings. The van der Waals surface area contributed by atoms with Crippen molar-refractivity contribution in [3.05, 3.63) is 69.7 Å². The number of nitrogens with one attached hydrogen (secondary N) is 2. The second-order valence-electron chi connectivity index (χ2n) is 5.31. The largest absolute Gasteiger partial charge is 0.347 e. The van der Waals surface area contributed by atoms with Crippen molar-refractivity contribution in [1.29, 1.82) is 0 Å². The molecule has 0 fully saturated rings. The summed E-state index contributed by atoms with van der Waals surface area (Å²) in [7, 11) is 1.97. The lowest BCUT2D eigenvalue weighted by Crippen LogP contribution is -3.08. The van der Waals surface area contributed by atoms with Gasteiger partial charge in [0.15, 0.2) is 6.54 Å². The molecule has 0 aliphatic heterocycles. The third-order valence-corrected chi connectivity index (χ3v) is 3.89. The van der Waals surface area contributed by atoms with Crippen molar-refractivity contribution in [2.24, 2.45) is 0 Å². The first-order valence-electron chi connectivity index (χ1n) is 7.10. The molecule has 0 spiro atoms. The first-order chi connectivity index (χ1) is 10.5. The molecule has 0 aliphatic carbocycles. The monoisotopic (exact) mass is 337 g/mol. The summed E-state index contributed by atoms with van der Waals surface area (Å²) in [5.74, 6) is 0.00419. The average molecular weight is 338 g/mol. The van der Waals surface area contributed by atoms with Crippen LogP contribution in [0, 0.1) is 0 Å². The lowest BCUT2D eigenvalue weighted by molar-refractivity contribution is -0.885. The topological polar surface area (TPSA) is 33.5 Å². The lowest BCUT2D eigenvalue weighted by atomic mass is 10.2. The van der Waals surface area contributed by atoms with E-state index in [9.17, 15) is 4.79 Å². The summed E-state index contributed by atoms with van der Waals surface area (Å²) in [6.07, 6.45) is 0. The Balaban J connectivity index is 1.80. The maximum absolute atomic E-state index is 12.0. The van der Waals surface area contributed by atoms with Gasteiger partial charge in [-0.2, -0.15) is 0 Å². The van der Waals surface area contributed by atoms with Crippen molar-refractivity contribution in [3.8, 4) is 0 Å². The van der Waals surface area contributed by atoms with E-state index in [2.05, 4.69) is 5.32 Å². The van der Waals surface area contributed by atoms with Gasteiger partial charge in [-0.3, -0.25) is 4.79 Å². The van der Waals surface area contributed by atoms with Gasteiger partial charge in [0.05, 0.1) is 7.05 Å². The van der Waals surface area contributed by atoms with Crippen LogP contribution in [0.1, 0.15) is 11.1 Å². The Morgan fingerprint density at radius 3 is 2.64 bits per heavy atom. The molecular weight excluding hydrogens is 319 g/mol. The molecule has 2 N–H and O–H groups in total. The fourth-order valence-electron chi connectivity index (χ4n) is 2.21. The first kappa shape index (κ1) is 16.8. The molecule has 0 saturated heterocycles. The molecule has 0 bridgehead atoms. The van der Waals surface area contributed by atoms with Crippen LogP contribution in [-0.4, -0.2) is 19.5 Å². The van der Waals surface area contributed by atoms with Crippen LogP contribution >= 0.6 is 23.2 Å². The number of rotatable bonds is 6. The Morgan fingerprint density at radius 1 is 1.14 bits per heavy atom. The normalized spacial score (nSPS) is 12.0. The van der Waals surface area contributed by atoms with Crippen molar-refractivity contribution < 1.29 is 9.69 Å². The number of quaternary nitrogens is 1. The Labute approximate surface area is 140 Å². The maximum atomic E-state index is 12.0. The van der Waals surface area contributed by atoms with Gasteiger partial charge in [-0.05, 0) is 23.8 Å². The quantitative estimate of drug-likeness (QED) is 0.833. The number of hydrogen-bond acceptors (Lipinski definition) is 1. The molecule has 0 saturated carbocycles. The maximum Gasteiger partial charge on any atom is 0.275 e. The average Bonchev–Trinajstić information content (AvgIpc) is 2.47. The summed E-state index contributed by atoms with van der Waals surface area (Å²) >= 11 is 12.1. The zero-order chi connectivity index (χ0) is 15.9. The highest BCUT2D eigenvalue weighted by atomic mass is 35.5. The highest BCUT2D eigenvalue weighted by Crippen LogP contribution is 2.13. The predicted molar refractivity (Wildman–Crippen MR) is 90.2 cm³/mol. The van der Waals surface area contributed by atoms with Crippen LogP contribution in [-0.2, 0) is 17.9 Å². The summed E-state index contributed by atoms with van der Waals surface area (Å²) in [4.78, 5) is 13.1. The summed E-state index contributed by atoms with van der Waals surface area (Å²) in [6.45, 7) is 1.59. The third-order valence-electron chi connectivity index (χ3n) is 3.29. The Morgan fingerprint density at radius 2 is 1.91 bits per heavy atom. The molecule has 1 amide bonds. The SMILES string of the molecule is C[NH+](CC(=O)NCc1cccc(Cl)c1)Cc1ccccc1Cl. The molecule has 2 aromatic carbocycles. The van der Waals surface area contributed by atoms with Gasteiger partial charge < -0.3 is 10.2 Å². The minimum atomic E-state index is 0.00419. The number of halogens is 2. The van der Waals surface area contributed by atoms with Crippen molar-refractivity contribution in [2.75, 3.05) is 13.6 Å². The van der Waals surface area contributed by atoms with Crippen molar-refractivity contribution >= 4 is 29.1 Å². The molecule has 3 nitrogen and oxygen atoms in total. The fraction of sp³-hybridized carbons (Fsp3) is 0.235. The van der Waals surface area contributed by atoms with E-state index in [-0.39, 0.29) is 5.91 Å². The molecular formula is C17H19Cl2N2O+. The number of likely N-dealkylation sites (N-methyl/N-ethyl adjacent to an activating group) is 1. The highest BCUT2D eigenvalue weighted by molar-refractivity contribution is 6.31. The predicted octanol–water partition coefficient (Wildman–Crippen LogP) is 2.32. The second kappa shape index (κ2) is 8.18. The minimum Gasteiger partial charge on any atom is -0.347 e. The van der Waals surface area contributed by atoms with E-state index in [0.717, 1.165) is 21.0 Å². The van der Waals surface area contributed by atoms with E-state index in [1.54, 1.807) is 0 Å². The van der Waals surface area contributed by atoms with E-state index in [0.29, 0.717) is 24.7 Å². The van der Waals surface area contributed by atoms with Gasteiger partial charge in [0.25, 0.3) is 5.91 Å². The zero-order valence-electron chi connectivity index (χ0n) is 12.4. The summed E-state index contributed by atoms with van der Waals surface area (Å²) in [6, 6.07) is 15.2. The van der Waals surface area contributed by atoms with Crippen LogP contribution in [0.3, 0.4) is 0 Å². The number of benzene rings is 2. The number of carbonyl (C=O) groups excluding carboxylic acids is 1. The molecule has 0 radical (unpaired) electrons. The number of carbonyl (C=O) groups is 1.